The smallest absolute Gasteiger partial charge is 0.327 e. The van der Waals surface area contributed by atoms with Crippen LogP contribution in [0.25, 0.3) is 10.9 Å². The summed E-state index contributed by atoms with van der Waals surface area (Å²) < 4.78 is 7.49. The van der Waals surface area contributed by atoms with Crippen LogP contribution in [0.2, 0.25) is 0 Å². The summed E-state index contributed by atoms with van der Waals surface area (Å²) in [4.78, 5) is 26.5. The minimum atomic E-state index is -0.944. The average Bonchev–Trinajstić information content (AvgIpc) is 2.95. The summed E-state index contributed by atoms with van der Waals surface area (Å²) in [5.74, 6) is -0.711. The van der Waals surface area contributed by atoms with Crippen molar-refractivity contribution in [3.63, 3.8) is 0 Å². The molecule has 0 radical (unpaired) electrons. The van der Waals surface area contributed by atoms with E-state index in [0.717, 1.165) is 16.6 Å². The van der Waals surface area contributed by atoms with E-state index in [-0.39, 0.29) is 12.5 Å². The SMILES string of the molecule is Cc1cc2ccccc2n1CC(=O)OC(C(=O)N(C)C)c1ccccc1. The Bertz CT molecular complexity index is 929. The van der Waals surface area contributed by atoms with E-state index in [2.05, 4.69) is 0 Å². The third-order valence-corrected chi connectivity index (χ3v) is 4.32. The van der Waals surface area contributed by atoms with Crippen LogP contribution in [0, 0.1) is 6.92 Å². The Hall–Kier alpha value is -3.08. The molecule has 1 amide bonds. The molecule has 3 aromatic rings. The number of esters is 1. The first-order valence-electron chi connectivity index (χ1n) is 8.48. The molecule has 0 N–H and O–H groups in total. The van der Waals surface area contributed by atoms with Gasteiger partial charge < -0.3 is 14.2 Å². The molecule has 26 heavy (non-hydrogen) atoms. The number of amides is 1. The highest BCUT2D eigenvalue weighted by atomic mass is 16.5. The molecule has 0 aliphatic rings. The number of ether oxygens (including phenoxy) is 1. The van der Waals surface area contributed by atoms with Gasteiger partial charge in [0.05, 0.1) is 0 Å². The molecule has 0 aliphatic heterocycles. The predicted molar refractivity (Wildman–Crippen MR) is 101 cm³/mol. The molecule has 1 aromatic heterocycles. The lowest BCUT2D eigenvalue weighted by Crippen LogP contribution is -2.32. The van der Waals surface area contributed by atoms with Crippen LogP contribution in [0.5, 0.6) is 0 Å². The highest BCUT2D eigenvalue weighted by Gasteiger charge is 2.26. The zero-order chi connectivity index (χ0) is 18.7. The number of aryl methyl sites for hydroxylation is 1. The zero-order valence-electron chi connectivity index (χ0n) is 15.2. The molecular formula is C21H22N2O3. The first-order valence-corrected chi connectivity index (χ1v) is 8.48. The summed E-state index contributed by atoms with van der Waals surface area (Å²) in [5, 5.41) is 1.07. The minimum Gasteiger partial charge on any atom is -0.446 e. The van der Waals surface area contributed by atoms with E-state index in [1.807, 2.05) is 60.0 Å². The standard InChI is InChI=1S/C21H22N2O3/c1-15-13-17-11-7-8-12-18(17)23(15)14-19(24)26-20(21(25)22(2)3)16-9-5-4-6-10-16/h4-13,20H,14H2,1-3H3. The van der Waals surface area contributed by atoms with Crippen molar-refractivity contribution in [2.75, 3.05) is 14.1 Å². The summed E-state index contributed by atoms with van der Waals surface area (Å²) in [5.41, 5.74) is 2.60. The van der Waals surface area contributed by atoms with Crippen LogP contribution < -0.4 is 0 Å². The zero-order valence-corrected chi connectivity index (χ0v) is 15.2. The molecule has 2 aromatic carbocycles. The lowest BCUT2D eigenvalue weighted by Gasteiger charge is -2.21. The molecule has 134 valence electrons. The lowest BCUT2D eigenvalue weighted by atomic mass is 10.1. The number of rotatable bonds is 5. The second kappa shape index (κ2) is 7.44. The Labute approximate surface area is 152 Å². The highest BCUT2D eigenvalue weighted by Crippen LogP contribution is 2.22. The van der Waals surface area contributed by atoms with Gasteiger partial charge in [-0.2, -0.15) is 0 Å². The van der Waals surface area contributed by atoms with Crippen molar-refractivity contribution in [3.05, 3.63) is 71.9 Å². The van der Waals surface area contributed by atoms with Gasteiger partial charge in [-0.3, -0.25) is 9.59 Å². The van der Waals surface area contributed by atoms with E-state index in [1.54, 1.807) is 26.2 Å². The summed E-state index contributed by atoms with van der Waals surface area (Å²) in [7, 11) is 3.30. The van der Waals surface area contributed by atoms with E-state index in [9.17, 15) is 9.59 Å². The average molecular weight is 350 g/mol. The molecule has 0 spiro atoms. The Balaban J connectivity index is 1.84. The van der Waals surface area contributed by atoms with E-state index >= 15 is 0 Å². The van der Waals surface area contributed by atoms with Crippen molar-refractivity contribution in [1.29, 1.82) is 0 Å². The Morgan fingerprint density at radius 3 is 2.38 bits per heavy atom. The molecule has 5 nitrogen and oxygen atoms in total. The van der Waals surface area contributed by atoms with Gasteiger partial charge in [0.1, 0.15) is 6.54 Å². The van der Waals surface area contributed by atoms with Crippen molar-refractivity contribution in [2.45, 2.75) is 19.6 Å². The third kappa shape index (κ3) is 3.61. The van der Waals surface area contributed by atoms with Crippen molar-refractivity contribution in [1.82, 2.24) is 9.47 Å². The maximum atomic E-state index is 12.6. The molecule has 3 rings (SSSR count). The largest absolute Gasteiger partial charge is 0.446 e. The maximum Gasteiger partial charge on any atom is 0.327 e. The lowest BCUT2D eigenvalue weighted by molar-refractivity contribution is -0.160. The first-order chi connectivity index (χ1) is 12.5. The summed E-state index contributed by atoms with van der Waals surface area (Å²) in [6, 6.07) is 19.0. The topological polar surface area (TPSA) is 51.5 Å². The Morgan fingerprint density at radius 2 is 1.69 bits per heavy atom. The molecule has 5 heteroatoms. The second-order valence-electron chi connectivity index (χ2n) is 6.44. The molecule has 0 saturated heterocycles. The normalized spacial score (nSPS) is 12.0. The number of aromatic nitrogens is 1. The van der Waals surface area contributed by atoms with Crippen molar-refractivity contribution in [3.8, 4) is 0 Å². The number of benzene rings is 2. The fourth-order valence-electron chi connectivity index (χ4n) is 2.98. The van der Waals surface area contributed by atoms with Gasteiger partial charge in [0.25, 0.3) is 5.91 Å². The van der Waals surface area contributed by atoms with Gasteiger partial charge in [0, 0.05) is 30.9 Å². The molecule has 0 bridgehead atoms. The van der Waals surface area contributed by atoms with E-state index in [0.29, 0.717) is 5.56 Å². The molecule has 1 atom stereocenters. The number of para-hydroxylation sites is 1. The van der Waals surface area contributed by atoms with Gasteiger partial charge in [-0.25, -0.2) is 0 Å². The van der Waals surface area contributed by atoms with Crippen molar-refractivity contribution in [2.24, 2.45) is 0 Å². The number of carbonyl (C=O) groups excluding carboxylic acids is 2. The number of hydrogen-bond acceptors (Lipinski definition) is 3. The molecule has 0 saturated carbocycles. The third-order valence-electron chi connectivity index (χ3n) is 4.32. The summed E-state index contributed by atoms with van der Waals surface area (Å²) >= 11 is 0. The summed E-state index contributed by atoms with van der Waals surface area (Å²) in [6.07, 6.45) is -0.944. The number of nitrogens with zero attached hydrogens (tertiary/aromatic N) is 2. The summed E-state index contributed by atoms with van der Waals surface area (Å²) in [6.45, 7) is 2.01. The number of fused-ring (bicyclic) bond motifs is 1. The van der Waals surface area contributed by atoms with E-state index in [1.165, 1.54) is 4.90 Å². The number of hydrogen-bond donors (Lipinski definition) is 0. The van der Waals surface area contributed by atoms with E-state index in [4.69, 9.17) is 4.74 Å². The Morgan fingerprint density at radius 1 is 1.04 bits per heavy atom. The highest BCUT2D eigenvalue weighted by molar-refractivity contribution is 5.86. The van der Waals surface area contributed by atoms with E-state index < -0.39 is 12.1 Å². The van der Waals surface area contributed by atoms with Crippen LogP contribution in [0.3, 0.4) is 0 Å². The molecule has 1 heterocycles. The van der Waals surface area contributed by atoms with Crippen LogP contribution in [0.15, 0.2) is 60.7 Å². The fourth-order valence-corrected chi connectivity index (χ4v) is 2.98. The van der Waals surface area contributed by atoms with Crippen LogP contribution in [0.1, 0.15) is 17.4 Å². The van der Waals surface area contributed by atoms with Crippen LogP contribution in [-0.2, 0) is 20.9 Å². The second-order valence-corrected chi connectivity index (χ2v) is 6.44. The van der Waals surface area contributed by atoms with Gasteiger partial charge in [0.15, 0.2) is 0 Å². The van der Waals surface area contributed by atoms with Gasteiger partial charge in [0.2, 0.25) is 6.10 Å². The van der Waals surface area contributed by atoms with Crippen LogP contribution >= 0.6 is 0 Å². The number of carbonyl (C=O) groups is 2. The predicted octanol–water partition coefficient (Wildman–Crippen LogP) is 3.32. The monoisotopic (exact) mass is 350 g/mol. The number of likely N-dealkylation sites (N-methyl/N-ethyl adjacent to an activating group) is 1. The van der Waals surface area contributed by atoms with Crippen LogP contribution in [0.4, 0.5) is 0 Å². The molecular weight excluding hydrogens is 328 g/mol. The van der Waals surface area contributed by atoms with Gasteiger partial charge >= 0.3 is 5.97 Å². The Kier molecular flexibility index (Phi) is 5.07. The van der Waals surface area contributed by atoms with Crippen molar-refractivity contribution < 1.29 is 14.3 Å². The minimum absolute atomic E-state index is 0.0589. The van der Waals surface area contributed by atoms with Crippen LogP contribution in [-0.4, -0.2) is 35.4 Å². The maximum absolute atomic E-state index is 12.6. The molecule has 0 aliphatic carbocycles. The molecule has 0 fully saturated rings. The van der Waals surface area contributed by atoms with Gasteiger partial charge in [-0.1, -0.05) is 48.5 Å². The van der Waals surface area contributed by atoms with Crippen molar-refractivity contribution >= 4 is 22.8 Å². The van der Waals surface area contributed by atoms with Gasteiger partial charge in [-0.05, 0) is 24.4 Å². The first kappa shape index (κ1) is 17.7. The molecule has 1 unspecified atom stereocenters. The van der Waals surface area contributed by atoms with Gasteiger partial charge in [-0.15, -0.1) is 0 Å². The fraction of sp³-hybridized carbons (Fsp3) is 0.238. The quantitative estimate of drug-likeness (QED) is 0.663.